The van der Waals surface area contributed by atoms with E-state index < -0.39 is 0 Å². The molecule has 122 valence electrons. The Bertz CT molecular complexity index is 318. The average Bonchev–Trinajstić information content (AvgIpc) is 2.53. The first-order valence-electron chi connectivity index (χ1n) is 9.40. The SMILES string of the molecule is CCCNC1CCC(C)CC1N1CCOC2CCCCC21. The van der Waals surface area contributed by atoms with Gasteiger partial charge in [-0.1, -0.05) is 26.7 Å². The zero-order valence-corrected chi connectivity index (χ0v) is 14.0. The summed E-state index contributed by atoms with van der Waals surface area (Å²) in [6.07, 6.45) is 11.3. The number of fused-ring (bicyclic) bond motifs is 1. The lowest BCUT2D eigenvalue weighted by Gasteiger charge is -2.51. The van der Waals surface area contributed by atoms with Gasteiger partial charge in [-0.25, -0.2) is 0 Å². The van der Waals surface area contributed by atoms with Gasteiger partial charge in [-0.15, -0.1) is 0 Å². The van der Waals surface area contributed by atoms with Crippen molar-refractivity contribution in [2.24, 2.45) is 5.92 Å². The lowest BCUT2D eigenvalue weighted by molar-refractivity contribution is -0.113. The average molecular weight is 294 g/mol. The Morgan fingerprint density at radius 1 is 1.10 bits per heavy atom. The summed E-state index contributed by atoms with van der Waals surface area (Å²) in [6.45, 7) is 8.00. The van der Waals surface area contributed by atoms with Crippen molar-refractivity contribution in [2.45, 2.75) is 89.4 Å². The van der Waals surface area contributed by atoms with Gasteiger partial charge >= 0.3 is 0 Å². The van der Waals surface area contributed by atoms with Crippen LogP contribution in [0, 0.1) is 5.92 Å². The summed E-state index contributed by atoms with van der Waals surface area (Å²) >= 11 is 0. The number of nitrogens with one attached hydrogen (secondary N) is 1. The first-order chi connectivity index (χ1) is 10.3. The number of rotatable bonds is 4. The highest BCUT2D eigenvalue weighted by atomic mass is 16.5. The summed E-state index contributed by atoms with van der Waals surface area (Å²) in [5.41, 5.74) is 0. The van der Waals surface area contributed by atoms with Crippen LogP contribution in [0.5, 0.6) is 0 Å². The van der Waals surface area contributed by atoms with Gasteiger partial charge in [0.25, 0.3) is 0 Å². The van der Waals surface area contributed by atoms with E-state index >= 15 is 0 Å². The van der Waals surface area contributed by atoms with Gasteiger partial charge in [0.05, 0.1) is 12.7 Å². The summed E-state index contributed by atoms with van der Waals surface area (Å²) in [7, 11) is 0. The Hall–Kier alpha value is -0.120. The minimum atomic E-state index is 0.525. The molecule has 0 aromatic heterocycles. The van der Waals surface area contributed by atoms with Gasteiger partial charge < -0.3 is 10.1 Å². The molecule has 21 heavy (non-hydrogen) atoms. The second kappa shape index (κ2) is 7.43. The molecule has 0 spiro atoms. The molecule has 3 aliphatic rings. The molecule has 2 saturated carbocycles. The molecule has 3 rings (SSSR count). The first kappa shape index (κ1) is 15.8. The van der Waals surface area contributed by atoms with E-state index in [4.69, 9.17) is 4.74 Å². The van der Waals surface area contributed by atoms with Crippen LogP contribution >= 0.6 is 0 Å². The van der Waals surface area contributed by atoms with Gasteiger partial charge in [0, 0.05) is 24.7 Å². The van der Waals surface area contributed by atoms with E-state index in [0.717, 1.165) is 25.1 Å². The lowest BCUT2D eigenvalue weighted by Crippen LogP contribution is -2.62. The molecule has 0 radical (unpaired) electrons. The molecule has 2 aliphatic carbocycles. The summed E-state index contributed by atoms with van der Waals surface area (Å²) < 4.78 is 6.08. The van der Waals surface area contributed by atoms with E-state index in [1.165, 1.54) is 57.9 Å². The van der Waals surface area contributed by atoms with Crippen LogP contribution in [-0.2, 0) is 4.74 Å². The zero-order chi connectivity index (χ0) is 14.7. The molecule has 0 amide bonds. The van der Waals surface area contributed by atoms with Crippen LogP contribution in [-0.4, -0.2) is 48.8 Å². The van der Waals surface area contributed by atoms with Crippen molar-refractivity contribution in [1.82, 2.24) is 10.2 Å². The van der Waals surface area contributed by atoms with Crippen LogP contribution < -0.4 is 5.32 Å². The molecule has 1 heterocycles. The highest BCUT2D eigenvalue weighted by molar-refractivity contribution is 4.97. The van der Waals surface area contributed by atoms with E-state index in [1.54, 1.807) is 0 Å². The van der Waals surface area contributed by atoms with Gasteiger partial charge in [-0.2, -0.15) is 0 Å². The number of hydrogen-bond acceptors (Lipinski definition) is 3. The number of nitrogens with zero attached hydrogens (tertiary/aromatic N) is 1. The number of morpholine rings is 1. The smallest absolute Gasteiger partial charge is 0.0731 e. The molecular weight excluding hydrogens is 260 g/mol. The maximum Gasteiger partial charge on any atom is 0.0731 e. The van der Waals surface area contributed by atoms with Crippen LogP contribution in [0.3, 0.4) is 0 Å². The van der Waals surface area contributed by atoms with Crippen molar-refractivity contribution in [2.75, 3.05) is 19.7 Å². The van der Waals surface area contributed by atoms with Crippen LogP contribution in [0.1, 0.15) is 65.2 Å². The highest BCUT2D eigenvalue weighted by Crippen LogP contribution is 2.35. The van der Waals surface area contributed by atoms with Crippen molar-refractivity contribution < 1.29 is 4.74 Å². The van der Waals surface area contributed by atoms with Gasteiger partial charge in [-0.05, 0) is 51.0 Å². The predicted molar refractivity (Wildman–Crippen MR) is 87.6 cm³/mol. The Balaban J connectivity index is 1.70. The maximum atomic E-state index is 6.08. The Labute approximate surface area is 130 Å². The molecule has 0 aromatic carbocycles. The second-order valence-corrected chi connectivity index (χ2v) is 7.55. The van der Waals surface area contributed by atoms with E-state index in [1.807, 2.05) is 0 Å². The lowest BCUT2D eigenvalue weighted by atomic mass is 9.80. The molecular formula is C18H34N2O. The van der Waals surface area contributed by atoms with E-state index in [-0.39, 0.29) is 0 Å². The Kier molecular flexibility index (Phi) is 5.58. The molecule has 0 aromatic rings. The Morgan fingerprint density at radius 3 is 2.81 bits per heavy atom. The van der Waals surface area contributed by atoms with Gasteiger partial charge in [-0.3, -0.25) is 4.90 Å². The third kappa shape index (κ3) is 3.62. The Morgan fingerprint density at radius 2 is 1.95 bits per heavy atom. The summed E-state index contributed by atoms with van der Waals surface area (Å²) in [6, 6.07) is 2.16. The molecule has 1 saturated heterocycles. The fourth-order valence-corrected chi connectivity index (χ4v) is 4.82. The quantitative estimate of drug-likeness (QED) is 0.862. The molecule has 5 unspecified atom stereocenters. The molecule has 3 fully saturated rings. The fraction of sp³-hybridized carbons (Fsp3) is 1.00. The topological polar surface area (TPSA) is 24.5 Å². The predicted octanol–water partition coefficient (Wildman–Crippen LogP) is 3.19. The van der Waals surface area contributed by atoms with Crippen LogP contribution in [0.15, 0.2) is 0 Å². The minimum absolute atomic E-state index is 0.525. The largest absolute Gasteiger partial charge is 0.375 e. The van der Waals surface area contributed by atoms with E-state index in [2.05, 4.69) is 24.1 Å². The standard InChI is InChI=1S/C18H34N2O/c1-3-10-19-15-9-8-14(2)13-17(15)20-11-12-21-18-7-5-4-6-16(18)20/h14-19H,3-13H2,1-2H3. The van der Waals surface area contributed by atoms with Crippen molar-refractivity contribution >= 4 is 0 Å². The fourth-order valence-electron chi connectivity index (χ4n) is 4.82. The normalized spacial score (nSPS) is 41.7. The van der Waals surface area contributed by atoms with Crippen LogP contribution in [0.4, 0.5) is 0 Å². The van der Waals surface area contributed by atoms with E-state index in [0.29, 0.717) is 18.2 Å². The number of ether oxygens (including phenoxy) is 1. The second-order valence-electron chi connectivity index (χ2n) is 7.55. The summed E-state index contributed by atoms with van der Waals surface area (Å²) in [4.78, 5) is 2.86. The monoisotopic (exact) mass is 294 g/mol. The van der Waals surface area contributed by atoms with Gasteiger partial charge in [0.15, 0.2) is 0 Å². The van der Waals surface area contributed by atoms with Crippen molar-refractivity contribution in [3.63, 3.8) is 0 Å². The third-order valence-corrected chi connectivity index (χ3v) is 5.94. The minimum Gasteiger partial charge on any atom is -0.375 e. The summed E-state index contributed by atoms with van der Waals surface area (Å²) in [5, 5.41) is 3.85. The molecule has 1 N–H and O–H groups in total. The third-order valence-electron chi connectivity index (χ3n) is 5.94. The molecule has 3 nitrogen and oxygen atoms in total. The molecule has 0 bridgehead atoms. The maximum absolute atomic E-state index is 6.08. The highest BCUT2D eigenvalue weighted by Gasteiger charge is 2.41. The number of hydrogen-bond donors (Lipinski definition) is 1. The summed E-state index contributed by atoms with van der Waals surface area (Å²) in [5.74, 6) is 0.888. The van der Waals surface area contributed by atoms with Crippen LogP contribution in [0.2, 0.25) is 0 Å². The first-order valence-corrected chi connectivity index (χ1v) is 9.40. The zero-order valence-electron chi connectivity index (χ0n) is 14.0. The van der Waals surface area contributed by atoms with Crippen LogP contribution in [0.25, 0.3) is 0 Å². The van der Waals surface area contributed by atoms with Crippen molar-refractivity contribution in [1.29, 1.82) is 0 Å². The molecule has 1 aliphatic heterocycles. The van der Waals surface area contributed by atoms with Crippen molar-refractivity contribution in [3.8, 4) is 0 Å². The molecule has 5 atom stereocenters. The van der Waals surface area contributed by atoms with Crippen molar-refractivity contribution in [3.05, 3.63) is 0 Å². The van der Waals surface area contributed by atoms with Gasteiger partial charge in [0.1, 0.15) is 0 Å². The molecule has 3 heteroatoms. The van der Waals surface area contributed by atoms with E-state index in [9.17, 15) is 0 Å². The van der Waals surface area contributed by atoms with Gasteiger partial charge in [0.2, 0.25) is 0 Å².